The number of oxime groups is 1. The number of allylic oxidation sites excluding steroid dienone is 1. The van der Waals surface area contributed by atoms with Crippen LogP contribution < -0.4 is 0 Å². The highest BCUT2D eigenvalue weighted by molar-refractivity contribution is 5.84. The highest BCUT2D eigenvalue weighted by Crippen LogP contribution is 2.07. The van der Waals surface area contributed by atoms with E-state index in [0.29, 0.717) is 0 Å². The van der Waals surface area contributed by atoms with Crippen molar-refractivity contribution in [2.75, 3.05) is 7.11 Å². The van der Waals surface area contributed by atoms with Gasteiger partial charge in [0.25, 0.3) is 0 Å². The van der Waals surface area contributed by atoms with Crippen LogP contribution in [0.5, 0.6) is 0 Å². The van der Waals surface area contributed by atoms with E-state index in [0.717, 1.165) is 31.4 Å². The Labute approximate surface area is 113 Å². The van der Waals surface area contributed by atoms with Gasteiger partial charge in [-0.15, -0.1) is 6.58 Å². The van der Waals surface area contributed by atoms with Gasteiger partial charge in [-0.25, -0.2) is 4.79 Å². The van der Waals surface area contributed by atoms with Crippen LogP contribution in [0.4, 0.5) is 4.79 Å². The van der Waals surface area contributed by atoms with Crippen LogP contribution in [0.2, 0.25) is 0 Å². The standard InChI is InChI=1S/C15H19NO3/c1-3-4-10-14(16-19-15(17)18-2)12-11-13-8-6-5-7-9-13/h3,5-9H,1,4,10-12H2,2H3/b16-14+. The molecule has 0 saturated heterocycles. The number of benzene rings is 1. The lowest BCUT2D eigenvalue weighted by molar-refractivity contribution is 0.0749. The molecule has 1 rings (SSSR count). The first kappa shape index (κ1) is 15.0. The topological polar surface area (TPSA) is 47.9 Å². The van der Waals surface area contributed by atoms with Gasteiger partial charge in [-0.2, -0.15) is 0 Å². The molecule has 0 aromatic heterocycles. The van der Waals surface area contributed by atoms with Gasteiger partial charge in [0, 0.05) is 0 Å². The average molecular weight is 261 g/mol. The van der Waals surface area contributed by atoms with Crippen LogP contribution in [0, 0.1) is 0 Å². The van der Waals surface area contributed by atoms with Gasteiger partial charge < -0.3 is 4.74 Å². The molecule has 0 aliphatic rings. The van der Waals surface area contributed by atoms with Crippen molar-refractivity contribution in [1.82, 2.24) is 0 Å². The lowest BCUT2D eigenvalue weighted by Crippen LogP contribution is -2.05. The number of carbonyl (C=O) groups is 1. The zero-order chi connectivity index (χ0) is 13.9. The molecule has 0 N–H and O–H groups in total. The molecule has 4 nitrogen and oxygen atoms in total. The summed E-state index contributed by atoms with van der Waals surface area (Å²) < 4.78 is 4.38. The summed E-state index contributed by atoms with van der Waals surface area (Å²) in [5.41, 5.74) is 2.06. The summed E-state index contributed by atoms with van der Waals surface area (Å²) in [7, 11) is 1.26. The second-order valence-electron chi connectivity index (χ2n) is 4.02. The molecule has 102 valence electrons. The second kappa shape index (κ2) is 8.91. The smallest absolute Gasteiger partial charge is 0.436 e. The van der Waals surface area contributed by atoms with E-state index >= 15 is 0 Å². The molecule has 0 spiro atoms. The van der Waals surface area contributed by atoms with E-state index in [-0.39, 0.29) is 0 Å². The zero-order valence-corrected chi connectivity index (χ0v) is 11.2. The maximum absolute atomic E-state index is 10.9. The summed E-state index contributed by atoms with van der Waals surface area (Å²) in [5, 5.41) is 3.84. The molecule has 0 aliphatic heterocycles. The van der Waals surface area contributed by atoms with Crippen LogP contribution in [-0.2, 0) is 16.0 Å². The SMILES string of the molecule is C=CCC/C(CCc1ccccc1)=N\OC(=O)OC. The van der Waals surface area contributed by atoms with Crippen LogP contribution in [0.3, 0.4) is 0 Å². The first-order valence-electron chi connectivity index (χ1n) is 6.21. The maximum Gasteiger partial charge on any atom is 0.534 e. The second-order valence-corrected chi connectivity index (χ2v) is 4.02. The van der Waals surface area contributed by atoms with Crippen molar-refractivity contribution < 1.29 is 14.4 Å². The van der Waals surface area contributed by atoms with Crippen molar-refractivity contribution in [2.45, 2.75) is 25.7 Å². The number of rotatable bonds is 7. The fourth-order valence-electron chi connectivity index (χ4n) is 1.56. The minimum Gasteiger partial charge on any atom is -0.436 e. The molecule has 0 aliphatic carbocycles. The Kier molecular flexibility index (Phi) is 7.02. The average Bonchev–Trinajstić information content (AvgIpc) is 2.47. The van der Waals surface area contributed by atoms with Crippen LogP contribution in [0.1, 0.15) is 24.8 Å². The normalized spacial score (nSPS) is 10.9. The molecule has 19 heavy (non-hydrogen) atoms. The Hall–Kier alpha value is -2.10. The Morgan fingerprint density at radius 2 is 2.05 bits per heavy atom. The zero-order valence-electron chi connectivity index (χ0n) is 11.2. The molecule has 0 saturated carbocycles. The van der Waals surface area contributed by atoms with E-state index in [4.69, 9.17) is 0 Å². The molecule has 0 unspecified atom stereocenters. The summed E-state index contributed by atoms with van der Waals surface area (Å²) in [4.78, 5) is 15.5. The first-order chi connectivity index (χ1) is 9.26. The molecule has 1 aromatic carbocycles. The molecule has 0 heterocycles. The largest absolute Gasteiger partial charge is 0.534 e. The number of aryl methyl sites for hydroxylation is 1. The minimum atomic E-state index is -0.796. The van der Waals surface area contributed by atoms with Gasteiger partial charge in [0.15, 0.2) is 0 Å². The lowest BCUT2D eigenvalue weighted by Gasteiger charge is -2.05. The number of carbonyl (C=O) groups excluding carboxylic acids is 1. The highest BCUT2D eigenvalue weighted by Gasteiger charge is 2.04. The van der Waals surface area contributed by atoms with E-state index in [1.807, 2.05) is 24.3 Å². The molecular weight excluding hydrogens is 242 g/mol. The van der Waals surface area contributed by atoms with E-state index in [1.54, 1.807) is 0 Å². The molecule has 0 radical (unpaired) electrons. The van der Waals surface area contributed by atoms with Crippen LogP contribution >= 0.6 is 0 Å². The van der Waals surface area contributed by atoms with E-state index in [1.165, 1.54) is 12.7 Å². The van der Waals surface area contributed by atoms with Crippen LogP contribution in [0.25, 0.3) is 0 Å². The van der Waals surface area contributed by atoms with E-state index in [9.17, 15) is 4.79 Å². The summed E-state index contributed by atoms with van der Waals surface area (Å²) >= 11 is 0. The predicted octanol–water partition coefficient (Wildman–Crippen LogP) is 3.72. The molecule has 0 amide bonds. The Balaban J connectivity index is 2.53. The van der Waals surface area contributed by atoms with Crippen molar-refractivity contribution in [3.8, 4) is 0 Å². The van der Waals surface area contributed by atoms with Crippen LogP contribution in [-0.4, -0.2) is 19.0 Å². The Morgan fingerprint density at radius 1 is 1.32 bits per heavy atom. The fourth-order valence-corrected chi connectivity index (χ4v) is 1.56. The first-order valence-corrected chi connectivity index (χ1v) is 6.21. The van der Waals surface area contributed by atoms with Gasteiger partial charge in [-0.05, 0) is 31.2 Å². The van der Waals surface area contributed by atoms with Gasteiger partial charge in [-0.1, -0.05) is 41.6 Å². The van der Waals surface area contributed by atoms with Crippen molar-refractivity contribution >= 4 is 11.9 Å². The van der Waals surface area contributed by atoms with E-state index in [2.05, 4.69) is 33.4 Å². The van der Waals surface area contributed by atoms with Gasteiger partial charge >= 0.3 is 6.16 Å². The third kappa shape index (κ3) is 6.41. The van der Waals surface area contributed by atoms with Gasteiger partial charge in [0.2, 0.25) is 0 Å². The Morgan fingerprint density at radius 3 is 2.68 bits per heavy atom. The number of nitrogens with zero attached hydrogens (tertiary/aromatic N) is 1. The Bertz CT molecular complexity index is 426. The van der Waals surface area contributed by atoms with Crippen LogP contribution in [0.15, 0.2) is 48.1 Å². The molecular formula is C15H19NO3. The summed E-state index contributed by atoms with van der Waals surface area (Å²) in [6, 6.07) is 10.1. The number of ether oxygens (including phenoxy) is 1. The highest BCUT2D eigenvalue weighted by atomic mass is 16.8. The van der Waals surface area contributed by atoms with Crippen molar-refractivity contribution in [3.63, 3.8) is 0 Å². The third-order valence-electron chi connectivity index (χ3n) is 2.60. The van der Waals surface area contributed by atoms with E-state index < -0.39 is 6.16 Å². The quantitative estimate of drug-likeness (QED) is 0.247. The molecule has 4 heteroatoms. The van der Waals surface area contributed by atoms with Crippen molar-refractivity contribution in [1.29, 1.82) is 0 Å². The molecule has 0 atom stereocenters. The van der Waals surface area contributed by atoms with Crippen molar-refractivity contribution in [3.05, 3.63) is 48.6 Å². The maximum atomic E-state index is 10.9. The molecule has 0 fully saturated rings. The summed E-state index contributed by atoms with van der Waals surface area (Å²) in [5.74, 6) is 0. The minimum absolute atomic E-state index is 0.729. The third-order valence-corrected chi connectivity index (χ3v) is 2.60. The number of hydrogen-bond acceptors (Lipinski definition) is 4. The van der Waals surface area contributed by atoms with Gasteiger partial charge in [0.1, 0.15) is 0 Å². The monoisotopic (exact) mass is 261 g/mol. The fraction of sp³-hybridized carbons (Fsp3) is 0.333. The lowest BCUT2D eigenvalue weighted by atomic mass is 10.0. The summed E-state index contributed by atoms with van der Waals surface area (Å²) in [6.07, 6.45) is 4.16. The van der Waals surface area contributed by atoms with Gasteiger partial charge in [0.05, 0.1) is 12.8 Å². The summed E-state index contributed by atoms with van der Waals surface area (Å²) in [6.45, 7) is 3.67. The number of methoxy groups -OCH3 is 1. The predicted molar refractivity (Wildman–Crippen MR) is 75.1 cm³/mol. The molecule has 0 bridgehead atoms. The number of hydrogen-bond donors (Lipinski definition) is 0. The molecule has 1 aromatic rings. The van der Waals surface area contributed by atoms with Crippen molar-refractivity contribution in [2.24, 2.45) is 5.16 Å². The van der Waals surface area contributed by atoms with Gasteiger partial charge in [-0.3, -0.25) is 4.84 Å².